The van der Waals surface area contributed by atoms with E-state index in [0.29, 0.717) is 34.0 Å². The second-order valence-corrected chi connectivity index (χ2v) is 6.97. The molecule has 0 amide bonds. The summed E-state index contributed by atoms with van der Waals surface area (Å²) < 4.78 is 0. The van der Waals surface area contributed by atoms with Crippen LogP contribution in [0.2, 0.25) is 10.0 Å². The van der Waals surface area contributed by atoms with Gasteiger partial charge in [0.2, 0.25) is 0 Å². The molecule has 4 rings (SSSR count). The fourth-order valence-electron chi connectivity index (χ4n) is 4.60. The Morgan fingerprint density at radius 3 is 2.79 bits per heavy atom. The molecule has 3 heterocycles. The van der Waals surface area contributed by atoms with Gasteiger partial charge in [0.05, 0.1) is 16.1 Å². The van der Waals surface area contributed by atoms with Crippen LogP contribution in [0, 0.1) is 5.92 Å². The highest BCUT2D eigenvalue weighted by molar-refractivity contribution is 6.42. The smallest absolute Gasteiger partial charge is 0.0716 e. The standard InChI is InChI=1S/C15H17Cl2NO/c16-11-3-1-8(5-12(11)17)10-6-9-2-4-13-15(10)14(19)7-18(9)13/h1,3,5,9-10,13-15,19H,2,4,6-7H2/t9-,10+,13+,14?,15-/m0/s1. The quantitative estimate of drug-likeness (QED) is 0.860. The molecule has 4 heteroatoms. The summed E-state index contributed by atoms with van der Waals surface area (Å²) in [6.45, 7) is 0.859. The molecule has 0 spiro atoms. The van der Waals surface area contributed by atoms with E-state index in [1.54, 1.807) is 0 Å². The van der Waals surface area contributed by atoms with Crippen LogP contribution in [0.1, 0.15) is 30.7 Å². The number of aliphatic hydroxyl groups excluding tert-OH is 1. The second kappa shape index (κ2) is 4.36. The largest absolute Gasteiger partial charge is 0.391 e. The Morgan fingerprint density at radius 1 is 1.16 bits per heavy atom. The zero-order valence-electron chi connectivity index (χ0n) is 10.6. The van der Waals surface area contributed by atoms with Gasteiger partial charge in [-0.25, -0.2) is 0 Å². The average Bonchev–Trinajstić information content (AvgIpc) is 2.78. The Morgan fingerprint density at radius 2 is 2.00 bits per heavy atom. The summed E-state index contributed by atoms with van der Waals surface area (Å²) in [7, 11) is 0. The first-order valence-corrected chi connectivity index (χ1v) is 7.79. The number of nitrogens with zero attached hydrogens (tertiary/aromatic N) is 1. The zero-order chi connectivity index (χ0) is 13.1. The molecule has 3 aliphatic heterocycles. The van der Waals surface area contributed by atoms with E-state index in [1.807, 2.05) is 12.1 Å². The monoisotopic (exact) mass is 297 g/mol. The zero-order valence-corrected chi connectivity index (χ0v) is 12.1. The fraction of sp³-hybridized carbons (Fsp3) is 0.600. The van der Waals surface area contributed by atoms with Crippen molar-refractivity contribution in [2.75, 3.05) is 6.54 Å². The highest BCUT2D eigenvalue weighted by atomic mass is 35.5. The van der Waals surface area contributed by atoms with E-state index in [1.165, 1.54) is 18.4 Å². The van der Waals surface area contributed by atoms with Gasteiger partial charge in [-0.05, 0) is 42.9 Å². The SMILES string of the molecule is OC1CN2[C@H]3CC[C@@H]2[C@@H]1[C@@H](c1ccc(Cl)c(Cl)c1)C3. The van der Waals surface area contributed by atoms with Gasteiger partial charge in [-0.15, -0.1) is 0 Å². The van der Waals surface area contributed by atoms with Crippen molar-refractivity contribution >= 4 is 23.2 Å². The van der Waals surface area contributed by atoms with Crippen LogP contribution in [0.3, 0.4) is 0 Å². The second-order valence-electron chi connectivity index (χ2n) is 6.16. The van der Waals surface area contributed by atoms with Gasteiger partial charge in [-0.1, -0.05) is 29.3 Å². The first kappa shape index (κ1) is 12.5. The number of rotatable bonds is 1. The van der Waals surface area contributed by atoms with Crippen LogP contribution in [0.4, 0.5) is 0 Å². The van der Waals surface area contributed by atoms with Crippen molar-refractivity contribution in [1.29, 1.82) is 0 Å². The van der Waals surface area contributed by atoms with Crippen molar-refractivity contribution in [1.82, 2.24) is 4.90 Å². The topological polar surface area (TPSA) is 23.5 Å². The Hall–Kier alpha value is -0.280. The number of benzene rings is 1. The summed E-state index contributed by atoms with van der Waals surface area (Å²) in [6.07, 6.45) is 3.49. The summed E-state index contributed by atoms with van der Waals surface area (Å²) in [5.74, 6) is 0.803. The normalized spacial score (nSPS) is 43.7. The van der Waals surface area contributed by atoms with Gasteiger partial charge in [0.1, 0.15) is 0 Å². The summed E-state index contributed by atoms with van der Waals surface area (Å²) in [5.41, 5.74) is 1.25. The molecule has 0 aromatic heterocycles. The van der Waals surface area contributed by atoms with E-state index >= 15 is 0 Å². The maximum absolute atomic E-state index is 10.4. The molecular formula is C15H17Cl2NO. The molecule has 0 radical (unpaired) electrons. The maximum Gasteiger partial charge on any atom is 0.0716 e. The lowest BCUT2D eigenvalue weighted by molar-refractivity contribution is 0.113. The minimum atomic E-state index is -0.185. The number of halogens is 2. The van der Waals surface area contributed by atoms with E-state index in [0.717, 1.165) is 13.0 Å². The van der Waals surface area contributed by atoms with E-state index in [9.17, 15) is 5.11 Å². The summed E-state index contributed by atoms with van der Waals surface area (Å²) in [5, 5.41) is 11.6. The van der Waals surface area contributed by atoms with E-state index < -0.39 is 0 Å². The highest BCUT2D eigenvalue weighted by Gasteiger charge is 2.55. The van der Waals surface area contributed by atoms with Gasteiger partial charge < -0.3 is 5.11 Å². The van der Waals surface area contributed by atoms with Gasteiger partial charge in [0.25, 0.3) is 0 Å². The average molecular weight is 298 g/mol. The van der Waals surface area contributed by atoms with Crippen molar-refractivity contribution in [2.45, 2.75) is 43.4 Å². The lowest BCUT2D eigenvalue weighted by Crippen LogP contribution is -2.41. The summed E-state index contributed by atoms with van der Waals surface area (Å²) >= 11 is 12.2. The number of aliphatic hydroxyl groups is 1. The first-order chi connectivity index (χ1) is 9.15. The molecule has 3 saturated heterocycles. The molecule has 1 aromatic rings. The minimum Gasteiger partial charge on any atom is -0.391 e. The van der Waals surface area contributed by atoms with Crippen molar-refractivity contribution in [3.8, 4) is 0 Å². The maximum atomic E-state index is 10.4. The van der Waals surface area contributed by atoms with Crippen LogP contribution in [0.15, 0.2) is 18.2 Å². The molecular weight excluding hydrogens is 281 g/mol. The highest BCUT2D eigenvalue weighted by Crippen LogP contribution is 2.52. The Bertz CT molecular complexity index is 521. The van der Waals surface area contributed by atoms with Crippen LogP contribution < -0.4 is 0 Å². The van der Waals surface area contributed by atoms with Crippen LogP contribution in [0.25, 0.3) is 0 Å². The number of hydrogen-bond acceptors (Lipinski definition) is 2. The molecule has 3 aliphatic rings. The van der Waals surface area contributed by atoms with E-state index in [-0.39, 0.29) is 6.10 Å². The molecule has 0 saturated carbocycles. The third-order valence-electron chi connectivity index (χ3n) is 5.34. The third-order valence-corrected chi connectivity index (χ3v) is 6.08. The van der Waals surface area contributed by atoms with Crippen LogP contribution in [0.5, 0.6) is 0 Å². The lowest BCUT2D eigenvalue weighted by atomic mass is 9.77. The molecule has 2 nitrogen and oxygen atoms in total. The Kier molecular flexibility index (Phi) is 2.86. The van der Waals surface area contributed by atoms with Crippen LogP contribution in [-0.4, -0.2) is 34.7 Å². The molecule has 0 aliphatic carbocycles. The Balaban J connectivity index is 1.73. The van der Waals surface area contributed by atoms with Crippen LogP contribution >= 0.6 is 23.2 Å². The van der Waals surface area contributed by atoms with Gasteiger partial charge in [0, 0.05) is 24.5 Å². The summed E-state index contributed by atoms with van der Waals surface area (Å²) in [4.78, 5) is 2.53. The fourth-order valence-corrected chi connectivity index (χ4v) is 4.91. The third kappa shape index (κ3) is 1.77. The summed E-state index contributed by atoms with van der Waals surface area (Å²) in [6, 6.07) is 7.19. The van der Waals surface area contributed by atoms with E-state index in [4.69, 9.17) is 23.2 Å². The van der Waals surface area contributed by atoms with Crippen molar-refractivity contribution in [3.05, 3.63) is 33.8 Å². The van der Waals surface area contributed by atoms with Crippen molar-refractivity contribution in [3.63, 3.8) is 0 Å². The van der Waals surface area contributed by atoms with Gasteiger partial charge in [-0.2, -0.15) is 0 Å². The molecule has 4 bridgehead atoms. The molecule has 6 atom stereocenters. The van der Waals surface area contributed by atoms with Gasteiger partial charge >= 0.3 is 0 Å². The molecule has 1 aromatic carbocycles. The van der Waals surface area contributed by atoms with Crippen LogP contribution in [-0.2, 0) is 0 Å². The molecule has 102 valence electrons. The van der Waals surface area contributed by atoms with Crippen molar-refractivity contribution in [2.24, 2.45) is 5.92 Å². The predicted octanol–water partition coefficient (Wildman–Crippen LogP) is 3.30. The minimum absolute atomic E-state index is 0.185. The first-order valence-electron chi connectivity index (χ1n) is 7.04. The molecule has 2 unspecified atom stereocenters. The van der Waals surface area contributed by atoms with Gasteiger partial charge in [-0.3, -0.25) is 4.90 Å². The van der Waals surface area contributed by atoms with E-state index in [2.05, 4.69) is 11.0 Å². The number of piperidine rings is 1. The molecule has 1 N–H and O–H groups in total. The molecule has 3 fully saturated rings. The van der Waals surface area contributed by atoms with Gasteiger partial charge in [0.15, 0.2) is 0 Å². The molecule has 19 heavy (non-hydrogen) atoms. The predicted molar refractivity (Wildman–Crippen MR) is 76.8 cm³/mol. The Labute approximate surface area is 123 Å². The number of hydrogen-bond donors (Lipinski definition) is 1. The lowest BCUT2D eigenvalue weighted by Gasteiger charge is -2.37. The van der Waals surface area contributed by atoms with Crippen molar-refractivity contribution < 1.29 is 5.11 Å².